The average Bonchev–Trinajstić information content (AvgIpc) is 2.19. The molecule has 0 saturated carbocycles. The van der Waals surface area contributed by atoms with E-state index >= 15 is 0 Å². The Bertz CT molecular complexity index is 269. The Balaban J connectivity index is 2.50. The summed E-state index contributed by atoms with van der Waals surface area (Å²) in [7, 11) is 1.65. The van der Waals surface area contributed by atoms with E-state index in [4.69, 9.17) is 4.74 Å². The van der Waals surface area contributed by atoms with Crippen LogP contribution in [0.2, 0.25) is 0 Å². The van der Waals surface area contributed by atoms with Crippen molar-refractivity contribution in [1.29, 1.82) is 0 Å². The van der Waals surface area contributed by atoms with Crippen LogP contribution in [-0.4, -0.2) is 13.4 Å². The van der Waals surface area contributed by atoms with Crippen LogP contribution in [0, 0.1) is 0 Å². The van der Waals surface area contributed by atoms with Gasteiger partial charge in [-0.15, -0.1) is 0 Å². The van der Waals surface area contributed by atoms with Crippen molar-refractivity contribution in [3.8, 4) is 5.75 Å². The zero-order valence-corrected chi connectivity index (χ0v) is 7.75. The van der Waals surface area contributed by atoms with Crippen molar-refractivity contribution in [2.24, 2.45) is 0 Å². The van der Waals surface area contributed by atoms with Gasteiger partial charge in [-0.2, -0.15) is 0 Å². The quantitative estimate of drug-likeness (QED) is 0.644. The maximum Gasteiger partial charge on any atom is 0.198 e. The van der Waals surface area contributed by atoms with Gasteiger partial charge in [0.2, 0.25) is 0 Å². The van der Waals surface area contributed by atoms with Gasteiger partial charge in [-0.1, -0.05) is 12.1 Å². The molecular formula is C11H13O2. The predicted molar refractivity (Wildman–Crippen MR) is 51.6 cm³/mol. The van der Waals surface area contributed by atoms with Crippen LogP contribution < -0.4 is 4.74 Å². The highest BCUT2D eigenvalue weighted by Gasteiger charge is 1.95. The van der Waals surface area contributed by atoms with Gasteiger partial charge in [-0.25, -0.2) is 0 Å². The highest BCUT2D eigenvalue weighted by molar-refractivity contribution is 5.50. The molecule has 0 aliphatic carbocycles. The molecule has 1 aromatic carbocycles. The van der Waals surface area contributed by atoms with Crippen molar-refractivity contribution in [2.75, 3.05) is 7.11 Å². The summed E-state index contributed by atoms with van der Waals surface area (Å²) in [4.78, 5) is 9.97. The molecule has 0 spiro atoms. The third kappa shape index (κ3) is 3.28. The predicted octanol–water partition coefficient (Wildman–Crippen LogP) is 2.13. The smallest absolute Gasteiger partial charge is 0.198 e. The molecule has 2 nitrogen and oxygen atoms in total. The summed E-state index contributed by atoms with van der Waals surface area (Å²) in [5.74, 6) is 0.868. The Hall–Kier alpha value is -1.31. The lowest BCUT2D eigenvalue weighted by molar-refractivity contribution is 0.414. The summed E-state index contributed by atoms with van der Waals surface area (Å²) >= 11 is 0. The lowest BCUT2D eigenvalue weighted by atomic mass is 10.1. The fourth-order valence-electron chi connectivity index (χ4n) is 1.19. The number of aryl methyl sites for hydroxylation is 1. The minimum absolute atomic E-state index is 0.511. The second-order valence-electron chi connectivity index (χ2n) is 2.85. The minimum atomic E-state index is 0.511. The van der Waals surface area contributed by atoms with Crippen LogP contribution in [0.25, 0.3) is 0 Å². The molecule has 0 N–H and O–H groups in total. The zero-order chi connectivity index (χ0) is 9.52. The molecular weight excluding hydrogens is 164 g/mol. The van der Waals surface area contributed by atoms with Gasteiger partial charge < -0.3 is 4.74 Å². The Morgan fingerprint density at radius 1 is 1.46 bits per heavy atom. The second-order valence-corrected chi connectivity index (χ2v) is 2.85. The Morgan fingerprint density at radius 2 is 2.31 bits per heavy atom. The molecule has 0 aromatic heterocycles. The van der Waals surface area contributed by atoms with Crippen molar-refractivity contribution in [3.05, 3.63) is 29.8 Å². The van der Waals surface area contributed by atoms with E-state index in [9.17, 15) is 4.79 Å². The molecule has 0 atom stereocenters. The molecule has 2 heteroatoms. The molecule has 1 aromatic rings. The number of methoxy groups -OCH3 is 1. The van der Waals surface area contributed by atoms with Gasteiger partial charge in [0.15, 0.2) is 6.29 Å². The highest BCUT2D eigenvalue weighted by atomic mass is 16.5. The van der Waals surface area contributed by atoms with Crippen molar-refractivity contribution in [1.82, 2.24) is 0 Å². The fourth-order valence-corrected chi connectivity index (χ4v) is 1.19. The Morgan fingerprint density at radius 3 is 3.00 bits per heavy atom. The number of hydrogen-bond donors (Lipinski definition) is 0. The van der Waals surface area contributed by atoms with Crippen LogP contribution in [0.5, 0.6) is 5.75 Å². The average molecular weight is 177 g/mol. The molecule has 0 bridgehead atoms. The third-order valence-corrected chi connectivity index (χ3v) is 1.88. The van der Waals surface area contributed by atoms with Crippen LogP contribution >= 0.6 is 0 Å². The van der Waals surface area contributed by atoms with Gasteiger partial charge in [0, 0.05) is 6.42 Å². The van der Waals surface area contributed by atoms with E-state index < -0.39 is 0 Å². The molecule has 13 heavy (non-hydrogen) atoms. The van der Waals surface area contributed by atoms with Gasteiger partial charge >= 0.3 is 0 Å². The molecule has 0 unspecified atom stereocenters. The monoisotopic (exact) mass is 177 g/mol. The van der Waals surface area contributed by atoms with E-state index in [0.29, 0.717) is 6.42 Å². The lowest BCUT2D eigenvalue weighted by Crippen LogP contribution is -1.88. The summed E-state index contributed by atoms with van der Waals surface area (Å²) in [6.07, 6.45) is 4.16. The maximum absolute atomic E-state index is 9.97. The molecule has 1 rings (SSSR count). The first-order valence-electron chi connectivity index (χ1n) is 4.34. The number of benzene rings is 1. The molecule has 0 aliphatic rings. The molecule has 0 saturated heterocycles. The first-order valence-corrected chi connectivity index (χ1v) is 4.34. The second kappa shape index (κ2) is 5.36. The fraction of sp³-hybridized carbons (Fsp3) is 0.364. The van der Waals surface area contributed by atoms with Crippen LogP contribution in [0.15, 0.2) is 24.3 Å². The zero-order valence-electron chi connectivity index (χ0n) is 7.75. The van der Waals surface area contributed by atoms with Crippen molar-refractivity contribution in [3.63, 3.8) is 0 Å². The summed E-state index contributed by atoms with van der Waals surface area (Å²) in [5, 5.41) is 0. The highest BCUT2D eigenvalue weighted by Crippen LogP contribution is 2.13. The number of rotatable bonds is 5. The summed E-state index contributed by atoms with van der Waals surface area (Å²) < 4.78 is 5.08. The summed E-state index contributed by atoms with van der Waals surface area (Å²) in [6.45, 7) is 0. The van der Waals surface area contributed by atoms with Crippen LogP contribution in [0.1, 0.15) is 18.4 Å². The van der Waals surface area contributed by atoms with Gasteiger partial charge in [-0.05, 0) is 30.5 Å². The Labute approximate surface area is 78.5 Å². The summed E-state index contributed by atoms with van der Waals surface area (Å²) in [6, 6.07) is 7.90. The van der Waals surface area contributed by atoms with E-state index in [-0.39, 0.29) is 0 Å². The van der Waals surface area contributed by atoms with E-state index in [1.807, 2.05) is 30.6 Å². The van der Waals surface area contributed by atoms with Crippen molar-refractivity contribution >= 4 is 6.29 Å². The topological polar surface area (TPSA) is 26.3 Å². The minimum Gasteiger partial charge on any atom is -0.497 e. The van der Waals surface area contributed by atoms with E-state index in [0.717, 1.165) is 18.6 Å². The largest absolute Gasteiger partial charge is 0.497 e. The first kappa shape index (κ1) is 9.78. The van der Waals surface area contributed by atoms with Crippen molar-refractivity contribution in [2.45, 2.75) is 19.3 Å². The van der Waals surface area contributed by atoms with Crippen LogP contribution in [-0.2, 0) is 11.2 Å². The first-order chi connectivity index (χ1) is 6.36. The lowest BCUT2D eigenvalue weighted by Gasteiger charge is -2.02. The van der Waals surface area contributed by atoms with Crippen LogP contribution in [0.3, 0.4) is 0 Å². The normalized spacial score (nSPS) is 9.62. The summed E-state index contributed by atoms with van der Waals surface area (Å²) in [5.41, 5.74) is 1.20. The number of unbranched alkanes of at least 4 members (excludes halogenated alkanes) is 1. The number of ether oxygens (including phenoxy) is 1. The van der Waals surface area contributed by atoms with Gasteiger partial charge in [0.05, 0.1) is 7.11 Å². The van der Waals surface area contributed by atoms with Gasteiger partial charge in [0.25, 0.3) is 0 Å². The molecule has 0 aliphatic heterocycles. The van der Waals surface area contributed by atoms with Crippen molar-refractivity contribution < 1.29 is 9.53 Å². The van der Waals surface area contributed by atoms with Gasteiger partial charge in [0.1, 0.15) is 5.75 Å². The number of hydrogen-bond acceptors (Lipinski definition) is 2. The SMILES string of the molecule is COc1cccc(CCC[C]=O)c1. The third-order valence-electron chi connectivity index (χ3n) is 1.88. The standard InChI is InChI=1S/C11H13O2/c1-13-11-7-4-6-10(9-11)5-2-3-8-12/h4,6-7,9H,2-3,5H2,1H3. The Kier molecular flexibility index (Phi) is 4.03. The van der Waals surface area contributed by atoms with E-state index in [2.05, 4.69) is 0 Å². The molecule has 1 radical (unpaired) electrons. The maximum atomic E-state index is 9.97. The van der Waals surface area contributed by atoms with E-state index in [1.54, 1.807) is 7.11 Å². The van der Waals surface area contributed by atoms with Gasteiger partial charge in [-0.3, -0.25) is 4.79 Å². The van der Waals surface area contributed by atoms with Crippen LogP contribution in [0.4, 0.5) is 0 Å². The molecule has 69 valence electrons. The number of carbonyl (C=O) groups excluding carboxylic acids is 1. The molecule has 0 fully saturated rings. The molecule has 0 amide bonds. The van der Waals surface area contributed by atoms with E-state index in [1.165, 1.54) is 5.56 Å². The molecule has 0 heterocycles.